The van der Waals surface area contributed by atoms with Crippen molar-refractivity contribution in [1.82, 2.24) is 0 Å². The molecule has 0 atom stereocenters. The van der Waals surface area contributed by atoms with Gasteiger partial charge in [-0.1, -0.05) is 30.3 Å². The van der Waals surface area contributed by atoms with Crippen LogP contribution in [0.4, 0.5) is 8.78 Å². The summed E-state index contributed by atoms with van der Waals surface area (Å²) >= 11 is 0. The van der Waals surface area contributed by atoms with Gasteiger partial charge in [0.05, 0.1) is 0 Å². The Morgan fingerprint density at radius 3 is 2.17 bits per heavy atom. The zero-order chi connectivity index (χ0) is 16.4. The van der Waals surface area contributed by atoms with E-state index in [0.29, 0.717) is 17.4 Å². The number of hydrogen-bond donors (Lipinski definition) is 1. The van der Waals surface area contributed by atoms with Gasteiger partial charge in [0.25, 0.3) is 0 Å². The zero-order valence-electron chi connectivity index (χ0n) is 12.9. The van der Waals surface area contributed by atoms with Gasteiger partial charge in [0.2, 0.25) is 5.82 Å². The van der Waals surface area contributed by atoms with Crippen molar-refractivity contribution in [3.8, 4) is 16.9 Å². The van der Waals surface area contributed by atoms with Gasteiger partial charge in [-0.25, -0.2) is 4.39 Å². The molecule has 1 saturated carbocycles. The van der Waals surface area contributed by atoms with Gasteiger partial charge < -0.3 is 5.11 Å². The van der Waals surface area contributed by atoms with E-state index in [-0.39, 0.29) is 5.56 Å². The molecule has 0 aromatic heterocycles. The Kier molecular flexibility index (Phi) is 4.46. The Morgan fingerprint density at radius 1 is 0.913 bits per heavy atom. The summed E-state index contributed by atoms with van der Waals surface area (Å²) in [5.41, 5.74) is 2.03. The lowest BCUT2D eigenvalue weighted by Gasteiger charge is -2.27. The first-order valence-corrected chi connectivity index (χ1v) is 8.00. The van der Waals surface area contributed by atoms with Crippen LogP contribution in [0, 0.1) is 17.6 Å². The van der Waals surface area contributed by atoms with Crippen molar-refractivity contribution < 1.29 is 13.9 Å². The van der Waals surface area contributed by atoms with Crippen LogP contribution >= 0.6 is 0 Å². The molecule has 1 aliphatic carbocycles. The second kappa shape index (κ2) is 6.53. The van der Waals surface area contributed by atoms with Gasteiger partial charge in [-0.2, -0.15) is 4.39 Å². The summed E-state index contributed by atoms with van der Waals surface area (Å²) in [7, 11) is 0. The fourth-order valence-electron chi connectivity index (χ4n) is 3.39. The van der Waals surface area contributed by atoms with Gasteiger partial charge in [0, 0.05) is 5.56 Å². The van der Waals surface area contributed by atoms with Gasteiger partial charge in [0.15, 0.2) is 11.6 Å². The summed E-state index contributed by atoms with van der Waals surface area (Å²) in [6.07, 6.45) is 6.64. The molecule has 1 fully saturated rings. The van der Waals surface area contributed by atoms with Crippen molar-refractivity contribution in [2.75, 3.05) is 0 Å². The third-order valence-corrected chi connectivity index (χ3v) is 4.86. The average molecular weight is 314 g/mol. The molecule has 3 heteroatoms. The second-order valence-electron chi connectivity index (χ2n) is 6.23. The topological polar surface area (TPSA) is 20.2 Å². The van der Waals surface area contributed by atoms with E-state index in [9.17, 15) is 13.9 Å². The van der Waals surface area contributed by atoms with Gasteiger partial charge in [-0.05, 0) is 60.8 Å². The van der Waals surface area contributed by atoms with Crippen LogP contribution in [0.5, 0.6) is 5.75 Å². The molecule has 1 N–H and O–H groups in total. The van der Waals surface area contributed by atoms with Crippen LogP contribution in [0.25, 0.3) is 11.1 Å². The zero-order valence-corrected chi connectivity index (χ0v) is 12.9. The van der Waals surface area contributed by atoms with Crippen molar-refractivity contribution in [1.29, 1.82) is 0 Å². The Bertz CT molecular complexity index is 698. The van der Waals surface area contributed by atoms with E-state index in [2.05, 4.69) is 6.58 Å². The summed E-state index contributed by atoms with van der Waals surface area (Å²) in [6.45, 7) is 3.86. The molecule has 0 bridgehead atoms. The van der Waals surface area contributed by atoms with Crippen LogP contribution in [0.2, 0.25) is 0 Å². The van der Waals surface area contributed by atoms with Crippen LogP contribution in [0.1, 0.15) is 37.2 Å². The molecule has 0 radical (unpaired) electrons. The van der Waals surface area contributed by atoms with Gasteiger partial charge in [-0.15, -0.1) is 6.58 Å². The molecule has 0 unspecified atom stereocenters. The number of halogens is 2. The highest BCUT2D eigenvalue weighted by atomic mass is 19.2. The molecule has 120 valence electrons. The molecule has 2 aromatic rings. The Labute approximate surface area is 135 Å². The molecule has 3 rings (SSSR count). The van der Waals surface area contributed by atoms with Crippen LogP contribution in [0.15, 0.2) is 49.1 Å². The predicted molar refractivity (Wildman–Crippen MR) is 88.4 cm³/mol. The van der Waals surface area contributed by atoms with Crippen molar-refractivity contribution >= 4 is 0 Å². The third-order valence-electron chi connectivity index (χ3n) is 4.86. The van der Waals surface area contributed by atoms with E-state index < -0.39 is 17.4 Å². The monoisotopic (exact) mass is 314 g/mol. The smallest absolute Gasteiger partial charge is 0.200 e. The SMILES string of the molecule is C=CC1CCC(c2ccc(-c3ccc(O)c(F)c3F)cc2)CC1. The quantitative estimate of drug-likeness (QED) is 0.710. The molecular weight excluding hydrogens is 294 g/mol. The number of benzene rings is 2. The summed E-state index contributed by atoms with van der Waals surface area (Å²) in [6, 6.07) is 10.2. The maximum absolute atomic E-state index is 13.9. The fraction of sp³-hybridized carbons (Fsp3) is 0.300. The highest BCUT2D eigenvalue weighted by Crippen LogP contribution is 2.37. The van der Waals surface area contributed by atoms with Crippen LogP contribution in [-0.4, -0.2) is 5.11 Å². The van der Waals surface area contributed by atoms with E-state index in [1.54, 1.807) is 0 Å². The van der Waals surface area contributed by atoms with Crippen LogP contribution in [-0.2, 0) is 0 Å². The van der Waals surface area contributed by atoms with Crippen molar-refractivity contribution in [3.63, 3.8) is 0 Å². The first kappa shape index (κ1) is 15.7. The first-order chi connectivity index (χ1) is 11.1. The Hall–Kier alpha value is -2.16. The maximum atomic E-state index is 13.9. The number of allylic oxidation sites excluding steroid dienone is 1. The molecule has 0 heterocycles. The average Bonchev–Trinajstić information content (AvgIpc) is 2.60. The maximum Gasteiger partial charge on any atom is 0.200 e. The van der Waals surface area contributed by atoms with Crippen molar-refractivity contribution in [2.24, 2.45) is 5.92 Å². The lowest BCUT2D eigenvalue weighted by atomic mass is 9.78. The van der Waals surface area contributed by atoms with Gasteiger partial charge in [0.1, 0.15) is 0 Å². The molecule has 2 aromatic carbocycles. The highest BCUT2D eigenvalue weighted by molar-refractivity contribution is 5.65. The minimum Gasteiger partial charge on any atom is -0.505 e. The molecule has 1 nitrogen and oxygen atoms in total. The Balaban J connectivity index is 1.80. The van der Waals surface area contributed by atoms with Crippen LogP contribution in [0.3, 0.4) is 0 Å². The summed E-state index contributed by atoms with van der Waals surface area (Å²) in [5.74, 6) is -1.72. The molecule has 0 aliphatic heterocycles. The Morgan fingerprint density at radius 2 is 1.57 bits per heavy atom. The predicted octanol–water partition coefficient (Wildman–Crippen LogP) is 5.80. The summed E-state index contributed by atoms with van der Waals surface area (Å²) < 4.78 is 27.4. The lowest BCUT2D eigenvalue weighted by molar-refractivity contribution is 0.376. The van der Waals surface area contributed by atoms with E-state index in [0.717, 1.165) is 25.7 Å². The minimum atomic E-state index is -1.20. The number of phenolic OH excluding ortho intramolecular Hbond substituents is 1. The molecule has 0 spiro atoms. The molecule has 0 amide bonds. The summed E-state index contributed by atoms with van der Waals surface area (Å²) in [5, 5.41) is 9.21. The number of rotatable bonds is 3. The molecule has 1 aliphatic rings. The van der Waals surface area contributed by atoms with E-state index in [4.69, 9.17) is 0 Å². The number of aromatic hydroxyl groups is 1. The number of phenols is 1. The van der Waals surface area contributed by atoms with Crippen molar-refractivity contribution in [3.05, 3.63) is 66.3 Å². The van der Waals surface area contributed by atoms with Crippen LogP contribution < -0.4 is 0 Å². The lowest BCUT2D eigenvalue weighted by Crippen LogP contribution is -2.11. The first-order valence-electron chi connectivity index (χ1n) is 8.00. The van der Waals surface area contributed by atoms with Gasteiger partial charge in [-0.3, -0.25) is 0 Å². The highest BCUT2D eigenvalue weighted by Gasteiger charge is 2.21. The normalized spacial score (nSPS) is 21.1. The third kappa shape index (κ3) is 3.14. The molecular formula is C20H20F2O. The van der Waals surface area contributed by atoms with Crippen molar-refractivity contribution in [2.45, 2.75) is 31.6 Å². The van der Waals surface area contributed by atoms with E-state index in [1.807, 2.05) is 30.3 Å². The fourth-order valence-corrected chi connectivity index (χ4v) is 3.39. The standard InChI is InChI=1S/C20H20F2O/c1-2-13-3-5-14(6-4-13)15-7-9-16(10-8-15)17-11-12-18(23)20(22)19(17)21/h2,7-14,23H,1,3-6H2. The van der Waals surface area contributed by atoms with E-state index >= 15 is 0 Å². The van der Waals surface area contributed by atoms with Gasteiger partial charge >= 0.3 is 0 Å². The summed E-state index contributed by atoms with van der Waals surface area (Å²) in [4.78, 5) is 0. The number of hydrogen-bond acceptors (Lipinski definition) is 1. The van der Waals surface area contributed by atoms with E-state index in [1.165, 1.54) is 17.7 Å². The molecule has 23 heavy (non-hydrogen) atoms. The minimum absolute atomic E-state index is 0.169. The molecule has 0 saturated heterocycles. The largest absolute Gasteiger partial charge is 0.505 e. The second-order valence-corrected chi connectivity index (χ2v) is 6.23.